The smallest absolute Gasteiger partial charge is 0.364 e. The lowest BCUT2D eigenvalue weighted by atomic mass is 10.3. The van der Waals surface area contributed by atoms with Crippen LogP contribution in [0.5, 0.6) is 0 Å². The van der Waals surface area contributed by atoms with E-state index in [4.69, 9.17) is 0 Å². The number of hydrogen-bond acceptors (Lipinski definition) is 3. The van der Waals surface area contributed by atoms with E-state index >= 15 is 0 Å². The Labute approximate surface area is 88.7 Å². The second-order valence-electron chi connectivity index (χ2n) is 3.21. The van der Waals surface area contributed by atoms with E-state index in [1.165, 1.54) is 17.1 Å². The lowest BCUT2D eigenvalue weighted by Crippen LogP contribution is -2.12. The van der Waals surface area contributed by atoms with Gasteiger partial charge in [-0.2, -0.15) is 18.3 Å². The highest BCUT2D eigenvalue weighted by atomic mass is 19.4. The molecule has 0 aliphatic heterocycles. The first kappa shape index (κ1) is 10.7. The van der Waals surface area contributed by atoms with Gasteiger partial charge in [-0.1, -0.05) is 5.16 Å². The van der Waals surface area contributed by atoms with Crippen molar-refractivity contribution in [3.8, 4) is 11.4 Å². The maximum absolute atomic E-state index is 12.0. The van der Waals surface area contributed by atoms with E-state index in [9.17, 15) is 13.2 Å². The summed E-state index contributed by atoms with van der Waals surface area (Å²) in [4.78, 5) is 0. The van der Waals surface area contributed by atoms with Crippen LogP contribution in [-0.4, -0.2) is 21.1 Å². The molecule has 2 heterocycles. The SMILES string of the molecule is FC(F)(F)CCn1ccc(-c2ccon2)n1. The highest BCUT2D eigenvalue weighted by Crippen LogP contribution is 2.20. The van der Waals surface area contributed by atoms with Gasteiger partial charge in [0.25, 0.3) is 0 Å². The molecule has 0 aliphatic rings. The Balaban J connectivity index is 2.03. The van der Waals surface area contributed by atoms with Crippen LogP contribution < -0.4 is 0 Å². The highest BCUT2D eigenvalue weighted by molar-refractivity contribution is 5.51. The Morgan fingerprint density at radius 2 is 2.06 bits per heavy atom. The minimum Gasteiger partial charge on any atom is -0.364 e. The van der Waals surface area contributed by atoms with E-state index in [1.54, 1.807) is 12.1 Å². The van der Waals surface area contributed by atoms with E-state index < -0.39 is 12.6 Å². The third-order valence-corrected chi connectivity index (χ3v) is 1.97. The van der Waals surface area contributed by atoms with Crippen LogP contribution in [0.25, 0.3) is 11.4 Å². The number of rotatable bonds is 3. The van der Waals surface area contributed by atoms with Crippen molar-refractivity contribution < 1.29 is 17.7 Å². The predicted octanol–water partition coefficient (Wildman–Crippen LogP) is 2.49. The van der Waals surface area contributed by atoms with Gasteiger partial charge in [-0.25, -0.2) is 0 Å². The van der Waals surface area contributed by atoms with Gasteiger partial charge in [0.05, 0.1) is 6.42 Å². The van der Waals surface area contributed by atoms with Gasteiger partial charge in [0.15, 0.2) is 0 Å². The Morgan fingerprint density at radius 3 is 2.69 bits per heavy atom. The molecule has 0 unspecified atom stereocenters. The van der Waals surface area contributed by atoms with E-state index in [1.807, 2.05) is 0 Å². The Bertz CT molecular complexity index is 447. The molecule has 2 rings (SSSR count). The molecule has 0 bridgehead atoms. The average molecular weight is 231 g/mol. The molecule has 16 heavy (non-hydrogen) atoms. The first-order valence-corrected chi connectivity index (χ1v) is 4.55. The molecule has 0 N–H and O–H groups in total. The lowest BCUT2D eigenvalue weighted by molar-refractivity contribution is -0.137. The van der Waals surface area contributed by atoms with Crippen molar-refractivity contribution >= 4 is 0 Å². The summed E-state index contributed by atoms with van der Waals surface area (Å²) in [7, 11) is 0. The average Bonchev–Trinajstić information content (AvgIpc) is 2.84. The van der Waals surface area contributed by atoms with Crippen LogP contribution in [-0.2, 0) is 6.54 Å². The van der Waals surface area contributed by atoms with Gasteiger partial charge in [0, 0.05) is 18.8 Å². The Kier molecular flexibility index (Phi) is 2.67. The van der Waals surface area contributed by atoms with Crippen LogP contribution in [0.2, 0.25) is 0 Å². The van der Waals surface area contributed by atoms with Crippen LogP contribution in [0, 0.1) is 0 Å². The van der Waals surface area contributed by atoms with E-state index in [2.05, 4.69) is 14.8 Å². The molecular formula is C9H8F3N3O. The third-order valence-electron chi connectivity index (χ3n) is 1.97. The zero-order valence-corrected chi connectivity index (χ0v) is 8.11. The molecule has 0 aliphatic carbocycles. The second kappa shape index (κ2) is 3.99. The van der Waals surface area contributed by atoms with Crippen molar-refractivity contribution in [3.63, 3.8) is 0 Å². The minimum absolute atomic E-state index is 0.193. The van der Waals surface area contributed by atoms with Crippen molar-refractivity contribution in [2.24, 2.45) is 0 Å². The third kappa shape index (κ3) is 2.62. The van der Waals surface area contributed by atoms with Gasteiger partial charge in [0.1, 0.15) is 17.7 Å². The van der Waals surface area contributed by atoms with Crippen molar-refractivity contribution in [1.82, 2.24) is 14.9 Å². The van der Waals surface area contributed by atoms with Gasteiger partial charge in [0.2, 0.25) is 0 Å². The summed E-state index contributed by atoms with van der Waals surface area (Å²) in [5, 5.41) is 7.59. The first-order chi connectivity index (χ1) is 7.54. The van der Waals surface area contributed by atoms with Crippen molar-refractivity contribution in [3.05, 3.63) is 24.6 Å². The van der Waals surface area contributed by atoms with Crippen LogP contribution >= 0.6 is 0 Å². The van der Waals surface area contributed by atoms with Gasteiger partial charge in [-0.15, -0.1) is 0 Å². The van der Waals surface area contributed by atoms with E-state index in [0.29, 0.717) is 11.4 Å². The van der Waals surface area contributed by atoms with E-state index in [0.717, 1.165) is 0 Å². The molecule has 0 aromatic carbocycles. The summed E-state index contributed by atoms with van der Waals surface area (Å²) in [6.07, 6.45) is -2.20. The zero-order valence-electron chi connectivity index (χ0n) is 8.11. The van der Waals surface area contributed by atoms with Gasteiger partial charge in [-0.05, 0) is 6.07 Å². The molecule has 2 aromatic heterocycles. The van der Waals surface area contributed by atoms with Crippen molar-refractivity contribution in [2.75, 3.05) is 0 Å². The van der Waals surface area contributed by atoms with Crippen LogP contribution in [0.15, 0.2) is 29.1 Å². The summed E-state index contributed by atoms with van der Waals surface area (Å²) in [5.41, 5.74) is 1.00. The monoisotopic (exact) mass is 231 g/mol. The van der Waals surface area contributed by atoms with Gasteiger partial charge < -0.3 is 4.52 Å². The maximum Gasteiger partial charge on any atom is 0.390 e. The fraction of sp³-hybridized carbons (Fsp3) is 0.333. The zero-order chi connectivity index (χ0) is 11.6. The summed E-state index contributed by atoms with van der Waals surface area (Å²) in [6.45, 7) is -0.193. The molecule has 0 fully saturated rings. The van der Waals surface area contributed by atoms with Gasteiger partial charge >= 0.3 is 6.18 Å². The Morgan fingerprint density at radius 1 is 1.25 bits per heavy atom. The fourth-order valence-corrected chi connectivity index (χ4v) is 1.21. The van der Waals surface area contributed by atoms with Gasteiger partial charge in [-0.3, -0.25) is 4.68 Å². The molecule has 0 spiro atoms. The molecule has 0 saturated carbocycles. The number of hydrogen-bond donors (Lipinski definition) is 0. The van der Waals surface area contributed by atoms with Crippen molar-refractivity contribution in [2.45, 2.75) is 19.1 Å². The normalized spacial score (nSPS) is 11.9. The number of alkyl halides is 3. The minimum atomic E-state index is -4.17. The van der Waals surface area contributed by atoms with Crippen LogP contribution in [0.1, 0.15) is 6.42 Å². The number of aryl methyl sites for hydroxylation is 1. The lowest BCUT2D eigenvalue weighted by Gasteiger charge is -2.05. The highest BCUT2D eigenvalue weighted by Gasteiger charge is 2.26. The largest absolute Gasteiger partial charge is 0.390 e. The molecule has 0 atom stereocenters. The molecule has 2 aromatic rings. The second-order valence-corrected chi connectivity index (χ2v) is 3.21. The number of halogens is 3. The molecule has 7 heteroatoms. The Hall–Kier alpha value is -1.79. The summed E-state index contributed by atoms with van der Waals surface area (Å²) >= 11 is 0. The maximum atomic E-state index is 12.0. The topological polar surface area (TPSA) is 43.9 Å². The molecule has 0 saturated heterocycles. The fourth-order valence-electron chi connectivity index (χ4n) is 1.21. The summed E-state index contributed by atoms with van der Waals surface area (Å²) in [6, 6.07) is 3.19. The van der Waals surface area contributed by atoms with E-state index in [-0.39, 0.29) is 6.54 Å². The summed E-state index contributed by atoms with van der Waals surface area (Å²) in [5.74, 6) is 0. The quantitative estimate of drug-likeness (QED) is 0.815. The standard InChI is InChI=1S/C9H8F3N3O/c10-9(11,12)3-5-15-4-1-7(13-15)8-2-6-16-14-8/h1-2,4,6H,3,5H2. The van der Waals surface area contributed by atoms with Crippen molar-refractivity contribution in [1.29, 1.82) is 0 Å². The number of aromatic nitrogens is 3. The summed E-state index contributed by atoms with van der Waals surface area (Å²) < 4.78 is 41.7. The van der Waals surface area contributed by atoms with Crippen LogP contribution in [0.3, 0.4) is 0 Å². The molecule has 86 valence electrons. The number of nitrogens with zero attached hydrogens (tertiary/aromatic N) is 3. The predicted molar refractivity (Wildman–Crippen MR) is 48.4 cm³/mol. The molecule has 4 nitrogen and oxygen atoms in total. The molecule has 0 amide bonds. The molecular weight excluding hydrogens is 223 g/mol. The van der Waals surface area contributed by atoms with Crippen LogP contribution in [0.4, 0.5) is 13.2 Å². The molecule has 0 radical (unpaired) electrons. The first-order valence-electron chi connectivity index (χ1n) is 4.55.